The number of amides is 3. The van der Waals surface area contributed by atoms with Gasteiger partial charge < -0.3 is 9.64 Å². The number of β-lactam (4-membered cyclic amide) rings is 1. The Hall–Kier alpha value is -4.05. The van der Waals surface area contributed by atoms with Crippen LogP contribution in [0.15, 0.2) is 71.2 Å². The quantitative estimate of drug-likeness (QED) is 0.199. The fraction of sp³-hybridized carbons (Fsp3) is 0.160. The molecule has 176 valence electrons. The summed E-state index contributed by atoms with van der Waals surface area (Å²) in [5, 5.41) is 11.5. The first-order valence-corrected chi connectivity index (χ1v) is 11.6. The average Bonchev–Trinajstić information content (AvgIpc) is 3.10. The summed E-state index contributed by atoms with van der Waals surface area (Å²) in [4.78, 5) is 53.2. The molecule has 0 N–H and O–H groups in total. The number of anilines is 1. The number of benzene rings is 3. The summed E-state index contributed by atoms with van der Waals surface area (Å²) in [6.45, 7) is 2.36. The lowest BCUT2D eigenvalue weighted by atomic mass is 9.86. The van der Waals surface area contributed by atoms with Crippen LogP contribution in [-0.4, -0.2) is 40.2 Å². The number of fused-ring (bicyclic) bond motifs is 1. The smallest absolute Gasteiger partial charge is 0.282 e. The van der Waals surface area contributed by atoms with Crippen molar-refractivity contribution in [1.29, 1.82) is 0 Å². The Morgan fingerprint density at radius 3 is 2.23 bits per heavy atom. The van der Waals surface area contributed by atoms with Gasteiger partial charge in [-0.1, -0.05) is 34.1 Å². The van der Waals surface area contributed by atoms with Gasteiger partial charge in [0.05, 0.1) is 23.1 Å². The zero-order valence-corrected chi connectivity index (χ0v) is 20.0. The van der Waals surface area contributed by atoms with E-state index >= 15 is 0 Å². The van der Waals surface area contributed by atoms with Crippen molar-refractivity contribution in [2.45, 2.75) is 19.0 Å². The molecule has 5 rings (SSSR count). The minimum atomic E-state index is -1.15. The van der Waals surface area contributed by atoms with Crippen molar-refractivity contribution in [2.24, 2.45) is 0 Å². The molecule has 0 unspecified atom stereocenters. The van der Waals surface area contributed by atoms with E-state index in [0.29, 0.717) is 23.6 Å². The molecule has 2 heterocycles. The van der Waals surface area contributed by atoms with E-state index in [-0.39, 0.29) is 11.1 Å². The van der Waals surface area contributed by atoms with E-state index in [0.717, 1.165) is 9.37 Å². The molecule has 3 aromatic rings. The van der Waals surface area contributed by atoms with Crippen molar-refractivity contribution in [3.63, 3.8) is 0 Å². The molecule has 0 spiro atoms. The lowest BCUT2D eigenvalue weighted by molar-refractivity contribution is -0.385. The third-order valence-electron chi connectivity index (χ3n) is 6.10. The molecule has 2 aliphatic heterocycles. The molecule has 1 fully saturated rings. The molecule has 3 amide bonds. The fourth-order valence-corrected chi connectivity index (χ4v) is 4.83. The number of rotatable bonds is 6. The van der Waals surface area contributed by atoms with Gasteiger partial charge in [-0.05, 0) is 55.0 Å². The number of nitrogens with zero attached hydrogens (tertiary/aromatic N) is 3. The molecular formula is C25H18BrN3O6. The lowest BCUT2D eigenvalue weighted by Crippen LogP contribution is -2.67. The second-order valence-corrected chi connectivity index (χ2v) is 8.93. The van der Waals surface area contributed by atoms with Crippen LogP contribution in [0.5, 0.6) is 5.75 Å². The van der Waals surface area contributed by atoms with E-state index in [4.69, 9.17) is 4.74 Å². The molecule has 2 aliphatic rings. The van der Waals surface area contributed by atoms with Crippen molar-refractivity contribution in [2.75, 3.05) is 11.5 Å². The van der Waals surface area contributed by atoms with Gasteiger partial charge in [0.1, 0.15) is 17.4 Å². The highest BCUT2D eigenvalue weighted by molar-refractivity contribution is 9.10. The van der Waals surface area contributed by atoms with E-state index in [2.05, 4.69) is 15.9 Å². The first-order chi connectivity index (χ1) is 16.8. The number of hydrogen-bond acceptors (Lipinski definition) is 6. The largest absolute Gasteiger partial charge is 0.494 e. The van der Waals surface area contributed by atoms with E-state index in [9.17, 15) is 24.5 Å². The Morgan fingerprint density at radius 2 is 1.60 bits per heavy atom. The molecule has 1 saturated heterocycles. The molecule has 0 saturated carbocycles. The summed E-state index contributed by atoms with van der Waals surface area (Å²) in [5.41, 5.74) is 0.452. The lowest BCUT2D eigenvalue weighted by Gasteiger charge is -2.49. The van der Waals surface area contributed by atoms with Gasteiger partial charge in [-0.2, -0.15) is 0 Å². The van der Waals surface area contributed by atoms with Gasteiger partial charge in [-0.3, -0.25) is 29.4 Å². The van der Waals surface area contributed by atoms with E-state index < -0.39 is 40.4 Å². The first-order valence-electron chi connectivity index (χ1n) is 10.8. The molecule has 2 atom stereocenters. The predicted octanol–water partition coefficient (Wildman–Crippen LogP) is 4.51. The SMILES string of the molecule is CCOc1ccc([C@@H]2[C@H](N3C(=O)c4cccc([N+](=O)[O-])c4C3=O)C(=O)N2c2ccc(Br)cc2)cc1. The summed E-state index contributed by atoms with van der Waals surface area (Å²) in [6, 6.07) is 16.2. The fourth-order valence-electron chi connectivity index (χ4n) is 4.56. The number of carbonyl (C=O) groups is 3. The Morgan fingerprint density at radius 1 is 0.914 bits per heavy atom. The Kier molecular flexibility index (Phi) is 5.60. The monoisotopic (exact) mass is 535 g/mol. The zero-order valence-electron chi connectivity index (χ0n) is 18.4. The van der Waals surface area contributed by atoms with Gasteiger partial charge in [-0.25, -0.2) is 0 Å². The Labute approximate surface area is 208 Å². The summed E-state index contributed by atoms with van der Waals surface area (Å²) in [6.07, 6.45) is 0. The maximum absolute atomic E-state index is 13.5. The number of nitro benzene ring substituents is 1. The van der Waals surface area contributed by atoms with Crippen molar-refractivity contribution < 1.29 is 24.0 Å². The number of ether oxygens (including phenoxy) is 1. The van der Waals surface area contributed by atoms with Crippen LogP contribution in [0, 0.1) is 10.1 Å². The maximum atomic E-state index is 13.5. The highest BCUT2D eigenvalue weighted by Crippen LogP contribution is 2.45. The third-order valence-corrected chi connectivity index (χ3v) is 6.63. The maximum Gasteiger partial charge on any atom is 0.282 e. The molecule has 0 aromatic heterocycles. The Bertz CT molecular complexity index is 1370. The van der Waals surface area contributed by atoms with Crippen LogP contribution in [-0.2, 0) is 4.79 Å². The van der Waals surface area contributed by atoms with Crippen LogP contribution >= 0.6 is 15.9 Å². The predicted molar refractivity (Wildman–Crippen MR) is 129 cm³/mol. The molecule has 0 radical (unpaired) electrons. The molecule has 35 heavy (non-hydrogen) atoms. The third kappa shape index (κ3) is 3.57. The van der Waals surface area contributed by atoms with Crippen LogP contribution in [0.25, 0.3) is 0 Å². The summed E-state index contributed by atoms with van der Waals surface area (Å²) in [5.74, 6) is -1.38. The van der Waals surface area contributed by atoms with Crippen molar-refractivity contribution in [1.82, 2.24) is 4.90 Å². The first kappa shape index (κ1) is 22.7. The highest BCUT2D eigenvalue weighted by Gasteiger charge is 2.58. The van der Waals surface area contributed by atoms with E-state index in [1.54, 1.807) is 48.5 Å². The average molecular weight is 536 g/mol. The number of halogens is 1. The topological polar surface area (TPSA) is 110 Å². The standard InChI is InChI=1S/C25H18BrN3O6/c1-2-35-17-12-6-14(7-13-17)21-22(25(32)27(21)16-10-8-15(26)9-11-16)28-23(30)18-4-3-5-19(29(33)34)20(18)24(28)31/h3-13,21-22H,2H2,1H3/t21-,22+/m1/s1. The summed E-state index contributed by atoms with van der Waals surface area (Å²) < 4.78 is 6.34. The minimum Gasteiger partial charge on any atom is -0.494 e. The summed E-state index contributed by atoms with van der Waals surface area (Å²) >= 11 is 3.38. The van der Waals surface area contributed by atoms with Crippen molar-refractivity contribution in [3.05, 3.63) is 98.0 Å². The number of carbonyl (C=O) groups excluding carboxylic acids is 3. The highest BCUT2D eigenvalue weighted by atomic mass is 79.9. The van der Waals surface area contributed by atoms with Gasteiger partial charge in [-0.15, -0.1) is 0 Å². The Balaban J connectivity index is 1.58. The van der Waals surface area contributed by atoms with Gasteiger partial charge in [0.2, 0.25) is 0 Å². The molecular weight excluding hydrogens is 518 g/mol. The second kappa shape index (κ2) is 8.62. The molecule has 0 bridgehead atoms. The van der Waals surface area contributed by atoms with Gasteiger partial charge >= 0.3 is 0 Å². The van der Waals surface area contributed by atoms with Gasteiger partial charge in [0.25, 0.3) is 23.4 Å². The van der Waals surface area contributed by atoms with Crippen LogP contribution in [0.1, 0.15) is 39.2 Å². The summed E-state index contributed by atoms with van der Waals surface area (Å²) in [7, 11) is 0. The number of nitro groups is 1. The van der Waals surface area contributed by atoms with Crippen LogP contribution in [0.2, 0.25) is 0 Å². The second-order valence-electron chi connectivity index (χ2n) is 8.01. The number of hydrogen-bond donors (Lipinski definition) is 0. The molecule has 10 heteroatoms. The van der Waals surface area contributed by atoms with Crippen LogP contribution < -0.4 is 9.64 Å². The van der Waals surface area contributed by atoms with E-state index in [1.807, 2.05) is 6.92 Å². The normalized spacial score (nSPS) is 19.0. The minimum absolute atomic E-state index is 0.0791. The molecule has 3 aromatic carbocycles. The number of imide groups is 1. The van der Waals surface area contributed by atoms with E-state index in [1.165, 1.54) is 23.1 Å². The van der Waals surface area contributed by atoms with Gasteiger partial charge in [0, 0.05) is 16.2 Å². The zero-order chi connectivity index (χ0) is 24.9. The molecule has 9 nitrogen and oxygen atoms in total. The van der Waals surface area contributed by atoms with Crippen molar-refractivity contribution in [3.8, 4) is 5.75 Å². The van der Waals surface area contributed by atoms with Gasteiger partial charge in [0.15, 0.2) is 0 Å². The molecule has 0 aliphatic carbocycles. The van der Waals surface area contributed by atoms with Crippen LogP contribution in [0.3, 0.4) is 0 Å². The van der Waals surface area contributed by atoms with Crippen LogP contribution in [0.4, 0.5) is 11.4 Å². The van der Waals surface area contributed by atoms with Crippen molar-refractivity contribution >= 4 is 45.0 Å².